The molecular formula is C52H36N2OS. The summed E-state index contributed by atoms with van der Waals surface area (Å²) in [6, 6.07) is 71.8. The summed E-state index contributed by atoms with van der Waals surface area (Å²) in [5.74, 6) is 0.129. The van der Waals surface area contributed by atoms with Crippen LogP contribution in [-0.4, -0.2) is 10.9 Å². The maximum Gasteiger partial charge on any atom is 0.160 e. The molecule has 9 rings (SSSR count). The SMILES string of the molecule is N#C/C(C=O)=C\c1ccc(-c2ccc(-n3c4cc(C(c5ccccc5)c5ccccc5)ccc4c4ccc(C(c5ccccc5)c5ccccc5)cc43)cc2)s1. The number of benzene rings is 7. The van der Waals surface area contributed by atoms with Gasteiger partial charge >= 0.3 is 0 Å². The molecule has 0 aliphatic heterocycles. The van der Waals surface area contributed by atoms with Crippen LogP contribution in [0.4, 0.5) is 0 Å². The molecule has 0 aliphatic rings. The highest BCUT2D eigenvalue weighted by Crippen LogP contribution is 2.41. The van der Waals surface area contributed by atoms with E-state index in [0.717, 1.165) is 32.0 Å². The lowest BCUT2D eigenvalue weighted by Crippen LogP contribution is -2.04. The Bertz CT molecular complexity index is 2650. The number of nitriles is 1. The molecule has 0 unspecified atom stereocenters. The van der Waals surface area contributed by atoms with Gasteiger partial charge in [-0.3, -0.25) is 4.79 Å². The molecule has 0 bridgehead atoms. The lowest BCUT2D eigenvalue weighted by atomic mass is 9.84. The first kappa shape index (κ1) is 34.7. The molecule has 0 fully saturated rings. The fraction of sp³-hybridized carbons (Fsp3) is 0.0385. The summed E-state index contributed by atoms with van der Waals surface area (Å²) >= 11 is 1.56. The highest BCUT2D eigenvalue weighted by Gasteiger charge is 2.22. The van der Waals surface area contributed by atoms with Crippen molar-refractivity contribution in [3.05, 3.63) is 238 Å². The maximum atomic E-state index is 11.3. The minimum absolute atomic E-state index is 0.0644. The fourth-order valence-electron chi connectivity index (χ4n) is 8.03. The van der Waals surface area contributed by atoms with Crippen LogP contribution in [0.15, 0.2) is 200 Å². The summed E-state index contributed by atoms with van der Waals surface area (Å²) in [5.41, 5.74) is 12.0. The summed E-state index contributed by atoms with van der Waals surface area (Å²) in [7, 11) is 0. The quantitative estimate of drug-likeness (QED) is 0.0607. The van der Waals surface area contributed by atoms with Crippen molar-refractivity contribution in [3.8, 4) is 22.2 Å². The Balaban J connectivity index is 1.24. The van der Waals surface area contributed by atoms with Gasteiger partial charge in [-0.25, -0.2) is 0 Å². The molecule has 56 heavy (non-hydrogen) atoms. The van der Waals surface area contributed by atoms with E-state index in [1.54, 1.807) is 17.4 Å². The van der Waals surface area contributed by atoms with Crippen molar-refractivity contribution in [3.63, 3.8) is 0 Å². The molecular weight excluding hydrogens is 701 g/mol. The molecule has 3 nitrogen and oxygen atoms in total. The van der Waals surface area contributed by atoms with E-state index in [2.05, 4.69) is 187 Å². The van der Waals surface area contributed by atoms with E-state index in [0.29, 0.717) is 6.29 Å². The number of thiophene rings is 1. The van der Waals surface area contributed by atoms with Crippen LogP contribution < -0.4 is 0 Å². The molecule has 7 aromatic carbocycles. The van der Waals surface area contributed by atoms with Crippen molar-refractivity contribution in [2.45, 2.75) is 11.8 Å². The molecule has 9 aromatic rings. The van der Waals surface area contributed by atoms with Crippen molar-refractivity contribution in [1.82, 2.24) is 4.57 Å². The molecule has 2 heterocycles. The largest absolute Gasteiger partial charge is 0.309 e. The average molecular weight is 737 g/mol. The monoisotopic (exact) mass is 736 g/mol. The van der Waals surface area contributed by atoms with Crippen LogP contribution in [0.5, 0.6) is 0 Å². The zero-order chi connectivity index (χ0) is 37.8. The number of fused-ring (bicyclic) bond motifs is 3. The van der Waals surface area contributed by atoms with Crippen LogP contribution >= 0.6 is 11.3 Å². The summed E-state index contributed by atoms with van der Waals surface area (Å²) in [4.78, 5) is 13.2. The van der Waals surface area contributed by atoms with E-state index in [-0.39, 0.29) is 17.4 Å². The van der Waals surface area contributed by atoms with E-state index in [1.165, 1.54) is 44.2 Å². The molecule has 0 amide bonds. The molecule has 0 saturated carbocycles. The minimum atomic E-state index is 0.0644. The highest BCUT2D eigenvalue weighted by molar-refractivity contribution is 7.16. The van der Waals surface area contributed by atoms with Gasteiger partial charge in [-0.15, -0.1) is 11.3 Å². The van der Waals surface area contributed by atoms with Gasteiger partial charge in [0.15, 0.2) is 6.29 Å². The van der Waals surface area contributed by atoms with Crippen LogP contribution in [-0.2, 0) is 4.79 Å². The van der Waals surface area contributed by atoms with Crippen LogP contribution in [0, 0.1) is 11.3 Å². The van der Waals surface area contributed by atoms with E-state index >= 15 is 0 Å². The second kappa shape index (κ2) is 15.4. The molecule has 4 heteroatoms. The first-order valence-electron chi connectivity index (χ1n) is 18.7. The maximum absolute atomic E-state index is 11.3. The van der Waals surface area contributed by atoms with Gasteiger partial charge in [0, 0.05) is 38.0 Å². The standard InChI is InChI=1S/C52H36N2OS/c53-34-36(35-55)31-45-27-30-50(56-45)37-21-25-44(26-22-37)54-48-32-42(51(38-13-5-1-6-14-38)39-15-7-2-8-16-39)23-28-46(48)47-29-24-43(33-49(47)54)52(40-17-9-3-10-18-40)41-19-11-4-12-20-41/h1-33,35,51-52H/b36-31+. The van der Waals surface area contributed by atoms with Crippen molar-refractivity contribution >= 4 is 45.5 Å². The third kappa shape index (κ3) is 6.66. The second-order valence-electron chi connectivity index (χ2n) is 14.0. The van der Waals surface area contributed by atoms with Crippen molar-refractivity contribution in [1.29, 1.82) is 5.26 Å². The molecule has 0 atom stereocenters. The summed E-state index contributed by atoms with van der Waals surface area (Å²) < 4.78 is 2.42. The zero-order valence-corrected chi connectivity index (χ0v) is 31.3. The number of allylic oxidation sites excluding steroid dienone is 1. The average Bonchev–Trinajstić information content (AvgIpc) is 3.87. The lowest BCUT2D eigenvalue weighted by molar-refractivity contribution is -0.104. The Morgan fingerprint density at radius 2 is 0.964 bits per heavy atom. The fourth-order valence-corrected chi connectivity index (χ4v) is 9.00. The number of carbonyl (C=O) groups excluding carboxylic acids is 1. The predicted octanol–water partition coefficient (Wildman–Crippen LogP) is 13.0. The Hall–Kier alpha value is -7.06. The van der Waals surface area contributed by atoms with Crippen molar-refractivity contribution in [2.24, 2.45) is 0 Å². The number of hydrogen-bond acceptors (Lipinski definition) is 3. The topological polar surface area (TPSA) is 45.8 Å². The first-order chi connectivity index (χ1) is 27.7. The van der Waals surface area contributed by atoms with Crippen molar-refractivity contribution in [2.75, 3.05) is 0 Å². The van der Waals surface area contributed by atoms with E-state index in [4.69, 9.17) is 0 Å². The van der Waals surface area contributed by atoms with Gasteiger partial charge in [0.05, 0.1) is 16.6 Å². The Labute approximate surface area is 330 Å². The Kier molecular flexibility index (Phi) is 9.51. The van der Waals surface area contributed by atoms with E-state index in [9.17, 15) is 10.1 Å². The predicted molar refractivity (Wildman–Crippen MR) is 231 cm³/mol. The molecule has 0 aliphatic carbocycles. The number of carbonyl (C=O) groups is 1. The molecule has 266 valence electrons. The van der Waals surface area contributed by atoms with Crippen LogP contribution in [0.3, 0.4) is 0 Å². The van der Waals surface area contributed by atoms with Gasteiger partial charge < -0.3 is 4.57 Å². The van der Waals surface area contributed by atoms with Crippen LogP contribution in [0.25, 0.3) is 44.0 Å². The van der Waals surface area contributed by atoms with Gasteiger partial charge in [0.2, 0.25) is 0 Å². The van der Waals surface area contributed by atoms with Gasteiger partial charge in [0.1, 0.15) is 6.07 Å². The third-order valence-electron chi connectivity index (χ3n) is 10.6. The molecule has 0 N–H and O–H groups in total. The first-order valence-corrected chi connectivity index (χ1v) is 19.6. The van der Waals surface area contributed by atoms with Gasteiger partial charge in [0.25, 0.3) is 0 Å². The number of hydrogen-bond donors (Lipinski definition) is 0. The molecule has 2 aromatic heterocycles. The highest BCUT2D eigenvalue weighted by atomic mass is 32.1. The van der Waals surface area contributed by atoms with E-state index < -0.39 is 0 Å². The zero-order valence-electron chi connectivity index (χ0n) is 30.5. The summed E-state index contributed by atoms with van der Waals surface area (Å²) in [6.07, 6.45) is 2.24. The number of aldehydes is 1. The van der Waals surface area contributed by atoms with Gasteiger partial charge in [-0.2, -0.15) is 5.26 Å². The molecule has 0 radical (unpaired) electrons. The van der Waals surface area contributed by atoms with Crippen LogP contribution in [0.2, 0.25) is 0 Å². The summed E-state index contributed by atoms with van der Waals surface area (Å²) in [6.45, 7) is 0. The Morgan fingerprint density at radius 1 is 0.518 bits per heavy atom. The normalized spacial score (nSPS) is 11.7. The molecule has 0 saturated heterocycles. The number of rotatable bonds is 10. The smallest absolute Gasteiger partial charge is 0.160 e. The van der Waals surface area contributed by atoms with Gasteiger partial charge in [-0.05, 0) is 81.4 Å². The minimum Gasteiger partial charge on any atom is -0.309 e. The van der Waals surface area contributed by atoms with Crippen molar-refractivity contribution < 1.29 is 4.79 Å². The molecule has 0 spiro atoms. The number of nitrogens with zero attached hydrogens (tertiary/aromatic N) is 2. The van der Waals surface area contributed by atoms with Crippen LogP contribution in [0.1, 0.15) is 50.1 Å². The third-order valence-corrected chi connectivity index (χ3v) is 11.7. The number of aromatic nitrogens is 1. The Morgan fingerprint density at radius 3 is 1.38 bits per heavy atom. The van der Waals surface area contributed by atoms with Gasteiger partial charge in [-0.1, -0.05) is 158 Å². The lowest BCUT2D eigenvalue weighted by Gasteiger charge is -2.20. The van der Waals surface area contributed by atoms with E-state index in [1.807, 2.05) is 18.2 Å². The summed E-state index contributed by atoms with van der Waals surface area (Å²) in [5, 5.41) is 11.7. The second-order valence-corrected chi connectivity index (χ2v) is 15.1.